The molecule has 1 aromatic carbocycles. The topological polar surface area (TPSA) is 46.9 Å². The number of nitrogens with one attached hydrogen (secondary N) is 1. The average molecular weight is 364 g/mol. The van der Waals surface area contributed by atoms with Gasteiger partial charge in [0.25, 0.3) is 5.91 Å². The molecule has 1 amide bonds. The molecule has 0 fully saturated rings. The molecule has 0 saturated carbocycles. The molecule has 0 spiro atoms. The van der Waals surface area contributed by atoms with Gasteiger partial charge in [0.15, 0.2) is 0 Å². The summed E-state index contributed by atoms with van der Waals surface area (Å²) in [6, 6.07) is 8.35. The number of hydrogen-bond acceptors (Lipinski definition) is 2. The number of halogens is 1. The second kappa shape index (κ2) is 6.24. The Morgan fingerprint density at radius 1 is 1.27 bits per heavy atom. The van der Waals surface area contributed by atoms with Crippen molar-refractivity contribution in [3.8, 4) is 0 Å². The van der Waals surface area contributed by atoms with Crippen LogP contribution in [0.2, 0.25) is 0 Å². The van der Waals surface area contributed by atoms with Crippen molar-refractivity contribution in [2.75, 3.05) is 0 Å². The van der Waals surface area contributed by atoms with Crippen LogP contribution in [0.3, 0.4) is 0 Å². The highest BCUT2D eigenvalue weighted by Gasteiger charge is 2.18. The van der Waals surface area contributed by atoms with Gasteiger partial charge in [-0.2, -0.15) is 5.10 Å². The van der Waals surface area contributed by atoms with Gasteiger partial charge < -0.3 is 5.32 Å². The molecule has 0 aliphatic heterocycles. The van der Waals surface area contributed by atoms with Gasteiger partial charge in [-0.3, -0.25) is 9.48 Å². The Balaban J connectivity index is 2.05. The molecule has 2 rings (SSSR count). The zero-order valence-electron chi connectivity index (χ0n) is 13.7. The second-order valence-electron chi connectivity index (χ2n) is 6.50. The van der Waals surface area contributed by atoms with E-state index in [0.717, 1.165) is 15.7 Å². The van der Waals surface area contributed by atoms with Crippen LogP contribution in [0.15, 0.2) is 28.7 Å². The third kappa shape index (κ3) is 3.58. The maximum Gasteiger partial charge on any atom is 0.270 e. The summed E-state index contributed by atoms with van der Waals surface area (Å²) in [7, 11) is 1.77. The molecular weight excluding hydrogens is 342 g/mol. The van der Waals surface area contributed by atoms with E-state index >= 15 is 0 Å². The van der Waals surface area contributed by atoms with Gasteiger partial charge in [-0.05, 0) is 39.4 Å². The molecule has 0 unspecified atom stereocenters. The highest BCUT2D eigenvalue weighted by atomic mass is 79.9. The van der Waals surface area contributed by atoms with Crippen molar-refractivity contribution in [1.82, 2.24) is 15.1 Å². The maximum atomic E-state index is 12.3. The average Bonchev–Trinajstić information content (AvgIpc) is 2.69. The Morgan fingerprint density at radius 2 is 1.86 bits per heavy atom. The van der Waals surface area contributed by atoms with Gasteiger partial charge in [-0.15, -0.1) is 0 Å². The van der Waals surface area contributed by atoms with E-state index in [1.54, 1.807) is 11.7 Å². The summed E-state index contributed by atoms with van der Waals surface area (Å²) in [4.78, 5) is 12.3. The minimum Gasteiger partial charge on any atom is -0.347 e. The molecule has 1 aromatic heterocycles. The van der Waals surface area contributed by atoms with Gasteiger partial charge in [0.05, 0.1) is 10.2 Å². The minimum atomic E-state index is -0.130. The lowest BCUT2D eigenvalue weighted by Gasteiger charge is -2.19. The van der Waals surface area contributed by atoms with Crippen molar-refractivity contribution < 1.29 is 4.79 Å². The Hall–Kier alpha value is -1.62. The summed E-state index contributed by atoms with van der Waals surface area (Å²) in [5.74, 6) is -0.130. The normalized spacial score (nSPS) is 11.5. The van der Waals surface area contributed by atoms with E-state index in [-0.39, 0.29) is 11.3 Å². The van der Waals surface area contributed by atoms with Crippen LogP contribution >= 0.6 is 15.9 Å². The summed E-state index contributed by atoms with van der Waals surface area (Å²) < 4.78 is 2.34. The number of rotatable bonds is 3. The fraction of sp³-hybridized carbons (Fsp3) is 0.412. The SMILES string of the molecule is Cc1nn(C)c(C(=O)NCc2ccc(C(C)(C)C)cc2)c1Br. The summed E-state index contributed by atoms with van der Waals surface area (Å²) in [6.07, 6.45) is 0. The molecule has 2 aromatic rings. The van der Waals surface area contributed by atoms with E-state index in [9.17, 15) is 4.79 Å². The molecule has 0 saturated heterocycles. The van der Waals surface area contributed by atoms with E-state index in [0.29, 0.717) is 12.2 Å². The van der Waals surface area contributed by atoms with E-state index < -0.39 is 0 Å². The number of nitrogens with zero attached hydrogens (tertiary/aromatic N) is 2. The monoisotopic (exact) mass is 363 g/mol. The Bertz CT molecular complexity index is 681. The molecule has 1 heterocycles. The van der Waals surface area contributed by atoms with Crippen molar-refractivity contribution in [2.24, 2.45) is 7.05 Å². The molecule has 22 heavy (non-hydrogen) atoms. The first-order valence-corrected chi connectivity index (χ1v) is 8.06. The molecule has 0 radical (unpaired) electrons. The highest BCUT2D eigenvalue weighted by molar-refractivity contribution is 9.10. The number of benzene rings is 1. The summed E-state index contributed by atoms with van der Waals surface area (Å²) in [5.41, 5.74) is 3.86. The van der Waals surface area contributed by atoms with Gasteiger partial charge in [0, 0.05) is 13.6 Å². The molecule has 4 nitrogen and oxygen atoms in total. The Morgan fingerprint density at radius 3 is 2.32 bits per heavy atom. The van der Waals surface area contributed by atoms with Crippen molar-refractivity contribution in [1.29, 1.82) is 0 Å². The van der Waals surface area contributed by atoms with E-state index in [1.165, 1.54) is 5.56 Å². The van der Waals surface area contributed by atoms with Crippen LogP contribution < -0.4 is 5.32 Å². The largest absolute Gasteiger partial charge is 0.347 e. The molecule has 5 heteroatoms. The van der Waals surface area contributed by atoms with Crippen LogP contribution in [0.1, 0.15) is 48.1 Å². The van der Waals surface area contributed by atoms with Crippen LogP contribution in [0.4, 0.5) is 0 Å². The van der Waals surface area contributed by atoms with Crippen LogP contribution in [0, 0.1) is 6.92 Å². The van der Waals surface area contributed by atoms with Crippen LogP contribution in [0.5, 0.6) is 0 Å². The lowest BCUT2D eigenvalue weighted by atomic mass is 9.87. The quantitative estimate of drug-likeness (QED) is 0.902. The first-order chi connectivity index (χ1) is 10.2. The molecule has 0 aliphatic rings. The fourth-order valence-corrected chi connectivity index (χ4v) is 2.78. The third-order valence-electron chi connectivity index (χ3n) is 3.64. The van der Waals surface area contributed by atoms with E-state index in [2.05, 4.69) is 71.4 Å². The van der Waals surface area contributed by atoms with Gasteiger partial charge >= 0.3 is 0 Å². The smallest absolute Gasteiger partial charge is 0.270 e. The molecular formula is C17H22BrN3O. The predicted octanol–water partition coefficient (Wildman–Crippen LogP) is 3.72. The standard InChI is InChI=1S/C17H22BrN3O/c1-11-14(18)15(21(5)20-11)16(22)19-10-12-6-8-13(9-7-12)17(2,3)4/h6-9H,10H2,1-5H3,(H,19,22). The molecule has 0 atom stereocenters. The fourth-order valence-electron chi connectivity index (χ4n) is 2.27. The third-order valence-corrected chi connectivity index (χ3v) is 4.59. The Labute approximate surface area is 140 Å². The summed E-state index contributed by atoms with van der Waals surface area (Å²) >= 11 is 3.42. The first kappa shape index (κ1) is 16.7. The number of carbonyl (C=O) groups is 1. The number of hydrogen-bond donors (Lipinski definition) is 1. The van der Waals surface area contributed by atoms with Crippen molar-refractivity contribution >= 4 is 21.8 Å². The number of carbonyl (C=O) groups excluding carboxylic acids is 1. The molecule has 0 bridgehead atoms. The molecule has 0 aliphatic carbocycles. The van der Waals surface area contributed by atoms with Crippen molar-refractivity contribution in [3.63, 3.8) is 0 Å². The lowest BCUT2D eigenvalue weighted by Crippen LogP contribution is -2.25. The maximum absolute atomic E-state index is 12.3. The highest BCUT2D eigenvalue weighted by Crippen LogP contribution is 2.22. The van der Waals surface area contributed by atoms with Gasteiger partial charge in [-0.1, -0.05) is 45.0 Å². The van der Waals surface area contributed by atoms with E-state index in [1.807, 2.05) is 6.92 Å². The van der Waals surface area contributed by atoms with Gasteiger partial charge in [0.1, 0.15) is 5.69 Å². The zero-order chi connectivity index (χ0) is 16.5. The molecule has 118 valence electrons. The zero-order valence-corrected chi connectivity index (χ0v) is 15.3. The van der Waals surface area contributed by atoms with Crippen molar-refractivity contribution in [2.45, 2.75) is 39.7 Å². The van der Waals surface area contributed by atoms with Crippen LogP contribution in [-0.4, -0.2) is 15.7 Å². The molecule has 1 N–H and O–H groups in total. The summed E-state index contributed by atoms with van der Waals surface area (Å²) in [6.45, 7) is 8.93. The minimum absolute atomic E-state index is 0.130. The second-order valence-corrected chi connectivity index (χ2v) is 7.29. The first-order valence-electron chi connectivity index (χ1n) is 7.27. The van der Waals surface area contributed by atoms with Crippen LogP contribution in [0.25, 0.3) is 0 Å². The number of aromatic nitrogens is 2. The van der Waals surface area contributed by atoms with Gasteiger partial charge in [0.2, 0.25) is 0 Å². The Kier molecular flexibility index (Phi) is 4.75. The van der Waals surface area contributed by atoms with E-state index in [4.69, 9.17) is 0 Å². The van der Waals surface area contributed by atoms with Gasteiger partial charge in [-0.25, -0.2) is 0 Å². The number of amides is 1. The predicted molar refractivity (Wildman–Crippen MR) is 92.0 cm³/mol. The van der Waals surface area contributed by atoms with Crippen LogP contribution in [-0.2, 0) is 19.0 Å². The summed E-state index contributed by atoms with van der Waals surface area (Å²) in [5, 5.41) is 7.17. The number of aryl methyl sites for hydroxylation is 2. The lowest BCUT2D eigenvalue weighted by molar-refractivity contribution is 0.0940. The van der Waals surface area contributed by atoms with Crippen molar-refractivity contribution in [3.05, 3.63) is 51.3 Å².